The Hall–Kier alpha value is -2.31. The Morgan fingerprint density at radius 3 is 2.42 bits per heavy atom. The minimum Gasteiger partial charge on any atom is -0.390 e. The molecular weight excluding hydrogens is 260 g/mol. The predicted molar refractivity (Wildman–Crippen MR) is 73.9 cm³/mol. The molecule has 0 unspecified atom stereocenters. The van der Waals surface area contributed by atoms with E-state index in [1.165, 1.54) is 0 Å². The monoisotopic (exact) mass is 269 g/mol. The minimum absolute atomic E-state index is 0.332. The van der Waals surface area contributed by atoms with E-state index < -0.39 is 0 Å². The van der Waals surface area contributed by atoms with Crippen molar-refractivity contribution in [3.05, 3.63) is 70.2 Å². The SMILES string of the molecule is N#Cc1ccccc1/[C]=N\OCc1ccc(Cl)cc1. The number of hydrogen-bond acceptors (Lipinski definition) is 3. The Bertz CT molecular complexity index is 615. The molecule has 2 aromatic rings. The van der Waals surface area contributed by atoms with Gasteiger partial charge in [-0.15, -0.1) is 0 Å². The van der Waals surface area contributed by atoms with E-state index >= 15 is 0 Å². The van der Waals surface area contributed by atoms with Crippen LogP contribution in [-0.2, 0) is 11.4 Å². The third kappa shape index (κ3) is 3.84. The van der Waals surface area contributed by atoms with E-state index in [2.05, 4.69) is 17.4 Å². The van der Waals surface area contributed by atoms with Gasteiger partial charge in [0.2, 0.25) is 0 Å². The van der Waals surface area contributed by atoms with Gasteiger partial charge in [0.05, 0.1) is 11.6 Å². The van der Waals surface area contributed by atoms with Crippen LogP contribution in [0.15, 0.2) is 53.7 Å². The van der Waals surface area contributed by atoms with Crippen LogP contribution in [0.2, 0.25) is 5.02 Å². The number of rotatable bonds is 4. The van der Waals surface area contributed by atoms with Gasteiger partial charge in [-0.05, 0) is 23.8 Å². The lowest BCUT2D eigenvalue weighted by molar-refractivity contribution is 0.132. The van der Waals surface area contributed by atoms with Crippen LogP contribution in [0.25, 0.3) is 0 Å². The highest BCUT2D eigenvalue weighted by molar-refractivity contribution is 6.30. The topological polar surface area (TPSA) is 45.4 Å². The average Bonchev–Trinajstić information content (AvgIpc) is 2.46. The van der Waals surface area contributed by atoms with Gasteiger partial charge in [-0.2, -0.15) is 5.26 Å². The van der Waals surface area contributed by atoms with Crippen LogP contribution < -0.4 is 0 Å². The number of benzene rings is 2. The standard InChI is InChI=1S/C15H10ClN2O/c16-15-7-5-12(6-8-15)11-19-18-10-14-4-2-1-3-13(14)9-17/h1-8H,11H2. The van der Waals surface area contributed by atoms with Gasteiger partial charge >= 0.3 is 0 Å². The molecule has 0 bridgehead atoms. The maximum Gasteiger partial charge on any atom is 0.142 e. The van der Waals surface area contributed by atoms with Crippen molar-refractivity contribution in [2.24, 2.45) is 5.16 Å². The van der Waals surface area contributed by atoms with Crippen molar-refractivity contribution in [1.82, 2.24) is 0 Å². The summed E-state index contributed by atoms with van der Waals surface area (Å²) in [5.41, 5.74) is 2.09. The fourth-order valence-corrected chi connectivity index (χ4v) is 1.57. The molecule has 0 aliphatic carbocycles. The van der Waals surface area contributed by atoms with Crippen molar-refractivity contribution in [2.75, 3.05) is 0 Å². The Morgan fingerprint density at radius 1 is 1.05 bits per heavy atom. The number of halogens is 1. The van der Waals surface area contributed by atoms with Crippen molar-refractivity contribution in [3.63, 3.8) is 0 Å². The fraction of sp³-hybridized carbons (Fsp3) is 0.0667. The summed E-state index contributed by atoms with van der Waals surface area (Å²) in [6, 6.07) is 16.4. The zero-order valence-electron chi connectivity index (χ0n) is 10.0. The largest absolute Gasteiger partial charge is 0.390 e. The molecule has 19 heavy (non-hydrogen) atoms. The van der Waals surface area contributed by atoms with Crippen molar-refractivity contribution < 1.29 is 4.84 Å². The lowest BCUT2D eigenvalue weighted by Crippen LogP contribution is -1.90. The van der Waals surface area contributed by atoms with E-state index in [-0.39, 0.29) is 0 Å². The Labute approximate surface area is 116 Å². The molecular formula is C15H10ClN2O. The average molecular weight is 270 g/mol. The predicted octanol–water partition coefficient (Wildman–Crippen LogP) is 3.64. The van der Waals surface area contributed by atoms with Gasteiger partial charge in [0, 0.05) is 10.6 Å². The second-order valence-electron chi connectivity index (χ2n) is 3.76. The van der Waals surface area contributed by atoms with Crippen molar-refractivity contribution in [3.8, 4) is 6.07 Å². The highest BCUT2D eigenvalue weighted by Crippen LogP contribution is 2.10. The zero-order valence-corrected chi connectivity index (χ0v) is 10.8. The summed E-state index contributed by atoms with van der Waals surface area (Å²) in [5.74, 6) is 0. The van der Waals surface area contributed by atoms with E-state index in [9.17, 15) is 0 Å². The molecule has 0 N–H and O–H groups in total. The molecule has 1 radical (unpaired) electrons. The molecule has 93 valence electrons. The molecule has 2 aromatic carbocycles. The minimum atomic E-state index is 0.332. The van der Waals surface area contributed by atoms with E-state index in [4.69, 9.17) is 21.7 Å². The molecule has 0 atom stereocenters. The molecule has 0 amide bonds. The van der Waals surface area contributed by atoms with Crippen LogP contribution in [0.1, 0.15) is 16.7 Å². The summed E-state index contributed by atoms with van der Waals surface area (Å²) in [4.78, 5) is 5.12. The quantitative estimate of drug-likeness (QED) is 0.628. The third-order valence-electron chi connectivity index (χ3n) is 2.42. The number of nitriles is 1. The summed E-state index contributed by atoms with van der Waals surface area (Å²) in [6.45, 7) is 0.332. The van der Waals surface area contributed by atoms with Crippen LogP contribution in [0.4, 0.5) is 0 Å². The summed E-state index contributed by atoms with van der Waals surface area (Å²) in [5, 5.41) is 13.3. The molecule has 3 nitrogen and oxygen atoms in total. The Kier molecular flexibility index (Phi) is 4.54. The summed E-state index contributed by atoms with van der Waals surface area (Å²) < 4.78 is 0. The van der Waals surface area contributed by atoms with Crippen LogP contribution >= 0.6 is 11.6 Å². The molecule has 0 aliphatic rings. The normalized spacial score (nSPS) is 10.3. The van der Waals surface area contributed by atoms with Gasteiger partial charge in [0.1, 0.15) is 12.8 Å². The smallest absolute Gasteiger partial charge is 0.142 e. The Balaban J connectivity index is 1.94. The molecule has 0 saturated carbocycles. The second-order valence-corrected chi connectivity index (χ2v) is 4.20. The van der Waals surface area contributed by atoms with Crippen molar-refractivity contribution in [2.45, 2.75) is 6.61 Å². The fourth-order valence-electron chi connectivity index (χ4n) is 1.45. The molecule has 0 heterocycles. The lowest BCUT2D eigenvalue weighted by atomic mass is 10.1. The van der Waals surface area contributed by atoms with Gasteiger partial charge < -0.3 is 4.84 Å². The van der Waals surface area contributed by atoms with Crippen LogP contribution in [0, 0.1) is 11.3 Å². The first kappa shape index (κ1) is 13.1. The van der Waals surface area contributed by atoms with E-state index in [1.54, 1.807) is 30.3 Å². The van der Waals surface area contributed by atoms with E-state index in [0.717, 1.165) is 5.56 Å². The van der Waals surface area contributed by atoms with Crippen LogP contribution in [0.5, 0.6) is 0 Å². The maximum absolute atomic E-state index is 8.89. The first-order valence-electron chi connectivity index (χ1n) is 5.61. The summed E-state index contributed by atoms with van der Waals surface area (Å²) in [6.07, 6.45) is 2.70. The Morgan fingerprint density at radius 2 is 1.74 bits per heavy atom. The number of nitrogens with zero attached hydrogens (tertiary/aromatic N) is 2. The maximum atomic E-state index is 8.89. The van der Waals surface area contributed by atoms with Gasteiger partial charge in [-0.1, -0.05) is 47.1 Å². The van der Waals surface area contributed by atoms with Crippen molar-refractivity contribution in [1.29, 1.82) is 5.26 Å². The first-order chi connectivity index (χ1) is 9.29. The van der Waals surface area contributed by atoms with Gasteiger partial charge in [0.25, 0.3) is 0 Å². The molecule has 0 saturated heterocycles. The highest BCUT2D eigenvalue weighted by Gasteiger charge is 1.98. The van der Waals surface area contributed by atoms with E-state index in [0.29, 0.717) is 22.8 Å². The molecule has 2 rings (SSSR count). The molecule has 0 spiro atoms. The van der Waals surface area contributed by atoms with Gasteiger partial charge in [0.15, 0.2) is 0 Å². The molecule has 0 aliphatic heterocycles. The number of hydrogen-bond donors (Lipinski definition) is 0. The third-order valence-corrected chi connectivity index (χ3v) is 2.67. The highest BCUT2D eigenvalue weighted by atomic mass is 35.5. The van der Waals surface area contributed by atoms with E-state index in [1.807, 2.05) is 18.2 Å². The summed E-state index contributed by atoms with van der Waals surface area (Å²) in [7, 11) is 0. The first-order valence-corrected chi connectivity index (χ1v) is 5.99. The van der Waals surface area contributed by atoms with Crippen molar-refractivity contribution >= 4 is 17.8 Å². The lowest BCUT2D eigenvalue weighted by Gasteiger charge is -1.99. The molecule has 0 aromatic heterocycles. The van der Waals surface area contributed by atoms with Crippen LogP contribution in [-0.4, -0.2) is 6.21 Å². The summed E-state index contributed by atoms with van der Waals surface area (Å²) >= 11 is 5.78. The second kappa shape index (κ2) is 6.58. The van der Waals surface area contributed by atoms with Gasteiger partial charge in [-0.3, -0.25) is 0 Å². The molecule has 0 fully saturated rings. The molecule has 4 heteroatoms. The van der Waals surface area contributed by atoms with Crippen LogP contribution in [0.3, 0.4) is 0 Å². The van der Waals surface area contributed by atoms with Gasteiger partial charge in [-0.25, -0.2) is 0 Å². The zero-order chi connectivity index (χ0) is 13.5.